The second-order valence-electron chi connectivity index (χ2n) is 7.81. The highest BCUT2D eigenvalue weighted by atomic mass is 16.2. The van der Waals surface area contributed by atoms with Gasteiger partial charge in [0.25, 0.3) is 11.8 Å². The molecule has 0 bridgehead atoms. The van der Waals surface area contributed by atoms with Gasteiger partial charge in [-0.2, -0.15) is 0 Å². The Morgan fingerprint density at radius 2 is 1.00 bits per heavy atom. The highest BCUT2D eigenvalue weighted by Gasteiger charge is 2.16. The average Bonchev–Trinajstić information content (AvgIpc) is 2.76. The summed E-state index contributed by atoms with van der Waals surface area (Å²) in [5.74, 6) is 0.244. The Kier molecular flexibility index (Phi) is 9.59. The van der Waals surface area contributed by atoms with Gasteiger partial charge < -0.3 is 9.80 Å². The molecule has 2 rings (SSSR count). The molecule has 2 aromatic rings. The Labute approximate surface area is 181 Å². The van der Waals surface area contributed by atoms with Crippen molar-refractivity contribution in [2.75, 3.05) is 26.2 Å². The molecule has 0 aliphatic heterocycles. The Morgan fingerprint density at radius 3 is 1.33 bits per heavy atom. The van der Waals surface area contributed by atoms with E-state index in [0.717, 1.165) is 74.1 Å². The highest BCUT2D eigenvalue weighted by molar-refractivity contribution is 5.96. The van der Waals surface area contributed by atoms with Crippen molar-refractivity contribution in [2.45, 2.75) is 53.4 Å². The minimum absolute atomic E-state index is 0.122. The number of benzene rings is 2. The van der Waals surface area contributed by atoms with Crippen LogP contribution >= 0.6 is 0 Å². The molecule has 30 heavy (non-hydrogen) atoms. The maximum Gasteiger partial charge on any atom is 0.254 e. The number of rotatable bonds is 11. The number of carbonyl (C=O) groups is 2. The molecule has 0 saturated carbocycles. The van der Waals surface area contributed by atoms with Crippen LogP contribution in [-0.4, -0.2) is 47.8 Å². The third kappa shape index (κ3) is 6.45. The third-order valence-corrected chi connectivity index (χ3v) is 5.69. The van der Waals surface area contributed by atoms with E-state index in [1.165, 1.54) is 0 Å². The van der Waals surface area contributed by atoms with Crippen LogP contribution in [0.1, 0.15) is 71.4 Å². The first-order chi connectivity index (χ1) is 14.5. The van der Waals surface area contributed by atoms with E-state index in [-0.39, 0.29) is 11.8 Å². The maximum atomic E-state index is 12.8. The average molecular weight is 409 g/mol. The number of aryl methyl sites for hydroxylation is 2. The smallest absolute Gasteiger partial charge is 0.254 e. The Morgan fingerprint density at radius 1 is 0.633 bits per heavy atom. The van der Waals surface area contributed by atoms with E-state index in [4.69, 9.17) is 0 Å². The van der Waals surface area contributed by atoms with E-state index in [1.54, 1.807) is 0 Å². The summed E-state index contributed by atoms with van der Waals surface area (Å²) in [6, 6.07) is 15.6. The van der Waals surface area contributed by atoms with Crippen molar-refractivity contribution in [3.8, 4) is 0 Å². The molecule has 0 radical (unpaired) electrons. The minimum Gasteiger partial charge on any atom is -0.339 e. The van der Waals surface area contributed by atoms with Crippen LogP contribution in [-0.2, 0) is 0 Å². The molecule has 0 aliphatic rings. The molecule has 4 nitrogen and oxygen atoms in total. The number of unbranched alkanes of at least 4 members (excludes halogenated alkanes) is 3. The number of nitrogens with zero attached hydrogens (tertiary/aromatic N) is 2. The first-order valence-corrected chi connectivity index (χ1v) is 11.2. The number of amides is 2. The molecule has 2 amide bonds. The normalized spacial score (nSPS) is 10.7. The second kappa shape index (κ2) is 12.2. The molecule has 0 heterocycles. The van der Waals surface area contributed by atoms with Gasteiger partial charge in [0.2, 0.25) is 0 Å². The lowest BCUT2D eigenvalue weighted by Gasteiger charge is -2.23. The predicted molar refractivity (Wildman–Crippen MR) is 124 cm³/mol. The van der Waals surface area contributed by atoms with Gasteiger partial charge in [-0.15, -0.1) is 0 Å². The van der Waals surface area contributed by atoms with E-state index in [2.05, 4.69) is 0 Å². The summed E-state index contributed by atoms with van der Waals surface area (Å²) < 4.78 is 0. The van der Waals surface area contributed by atoms with Crippen molar-refractivity contribution in [1.29, 1.82) is 0 Å². The van der Waals surface area contributed by atoms with Gasteiger partial charge >= 0.3 is 0 Å². The molecule has 0 aromatic heterocycles. The largest absolute Gasteiger partial charge is 0.339 e. The fraction of sp³-hybridized carbons (Fsp3) is 0.462. The first kappa shape index (κ1) is 23.7. The number of carbonyl (C=O) groups excluding carboxylic acids is 2. The molecule has 0 unspecified atom stereocenters. The summed E-state index contributed by atoms with van der Waals surface area (Å²) in [7, 11) is 0. The zero-order valence-electron chi connectivity index (χ0n) is 19.0. The van der Waals surface area contributed by atoms with Crippen molar-refractivity contribution in [2.24, 2.45) is 0 Å². The van der Waals surface area contributed by atoms with Crippen molar-refractivity contribution >= 4 is 11.8 Å². The van der Waals surface area contributed by atoms with E-state index in [9.17, 15) is 9.59 Å². The zero-order chi connectivity index (χ0) is 21.9. The van der Waals surface area contributed by atoms with Crippen LogP contribution in [0.5, 0.6) is 0 Å². The topological polar surface area (TPSA) is 40.6 Å². The molecule has 0 spiro atoms. The minimum atomic E-state index is 0.122. The number of hydrogen-bond donors (Lipinski definition) is 0. The molecule has 162 valence electrons. The quantitative estimate of drug-likeness (QED) is 0.461. The van der Waals surface area contributed by atoms with Crippen molar-refractivity contribution < 1.29 is 9.59 Å². The van der Waals surface area contributed by atoms with Crippen molar-refractivity contribution in [3.63, 3.8) is 0 Å². The lowest BCUT2D eigenvalue weighted by molar-refractivity contribution is 0.0747. The van der Waals surface area contributed by atoms with Crippen LogP contribution < -0.4 is 0 Å². The lowest BCUT2D eigenvalue weighted by atomic mass is 10.1. The van der Waals surface area contributed by atoms with Crippen molar-refractivity contribution in [3.05, 3.63) is 70.8 Å². The summed E-state index contributed by atoms with van der Waals surface area (Å²) >= 11 is 0. The highest BCUT2D eigenvalue weighted by Crippen LogP contribution is 2.14. The summed E-state index contributed by atoms with van der Waals surface area (Å²) in [6.07, 6.45) is 4.11. The van der Waals surface area contributed by atoms with Crippen LogP contribution in [0.4, 0.5) is 0 Å². The summed E-state index contributed by atoms with van der Waals surface area (Å²) in [5.41, 5.74) is 3.65. The van der Waals surface area contributed by atoms with Crippen LogP contribution in [0.25, 0.3) is 0 Å². The summed E-state index contributed by atoms with van der Waals surface area (Å²) in [4.78, 5) is 29.4. The fourth-order valence-electron chi connectivity index (χ4n) is 3.73. The van der Waals surface area contributed by atoms with Gasteiger partial charge in [0.1, 0.15) is 0 Å². The summed E-state index contributed by atoms with van der Waals surface area (Å²) in [5, 5.41) is 0. The molecule has 0 fully saturated rings. The maximum absolute atomic E-state index is 12.8. The monoisotopic (exact) mass is 408 g/mol. The van der Waals surface area contributed by atoms with Crippen LogP contribution in [0, 0.1) is 13.8 Å². The van der Waals surface area contributed by atoms with Crippen LogP contribution in [0.15, 0.2) is 48.5 Å². The molecule has 0 N–H and O–H groups in total. The number of hydrogen-bond acceptors (Lipinski definition) is 2. The lowest BCUT2D eigenvalue weighted by Crippen LogP contribution is -2.32. The van der Waals surface area contributed by atoms with E-state index >= 15 is 0 Å². The SMILES string of the molecule is CCN(CCCCCCN(CC)C(=O)c1ccccc1C)C(=O)c1ccccc1C. The Bertz CT molecular complexity index is 762. The third-order valence-electron chi connectivity index (χ3n) is 5.69. The molecular formula is C26H36N2O2. The predicted octanol–water partition coefficient (Wildman–Crippen LogP) is 5.49. The van der Waals surface area contributed by atoms with Gasteiger partial charge in [0, 0.05) is 37.3 Å². The molecular weight excluding hydrogens is 372 g/mol. The molecule has 0 atom stereocenters. The molecule has 0 aliphatic carbocycles. The Balaban J connectivity index is 1.75. The van der Waals surface area contributed by atoms with Gasteiger partial charge in [-0.1, -0.05) is 49.2 Å². The fourth-order valence-corrected chi connectivity index (χ4v) is 3.73. The second-order valence-corrected chi connectivity index (χ2v) is 7.81. The summed E-state index contributed by atoms with van der Waals surface area (Å²) in [6.45, 7) is 11.0. The van der Waals surface area contributed by atoms with Gasteiger partial charge in [-0.05, 0) is 63.8 Å². The molecule has 2 aromatic carbocycles. The van der Waals surface area contributed by atoms with E-state index < -0.39 is 0 Å². The zero-order valence-corrected chi connectivity index (χ0v) is 19.0. The standard InChI is InChI=1S/C26H36N2O2/c1-5-27(25(29)23-17-11-9-15-21(23)3)19-13-7-8-14-20-28(6-2)26(30)24-18-12-10-16-22(24)4/h9-12,15-18H,5-8,13-14,19-20H2,1-4H3. The molecule has 0 saturated heterocycles. The van der Waals surface area contributed by atoms with Gasteiger partial charge in [-0.3, -0.25) is 9.59 Å². The van der Waals surface area contributed by atoms with Gasteiger partial charge in [-0.25, -0.2) is 0 Å². The first-order valence-electron chi connectivity index (χ1n) is 11.2. The van der Waals surface area contributed by atoms with E-state index in [0.29, 0.717) is 0 Å². The van der Waals surface area contributed by atoms with Gasteiger partial charge in [0.05, 0.1) is 0 Å². The van der Waals surface area contributed by atoms with Crippen molar-refractivity contribution in [1.82, 2.24) is 9.80 Å². The molecule has 4 heteroatoms. The van der Waals surface area contributed by atoms with E-state index in [1.807, 2.05) is 86.0 Å². The van der Waals surface area contributed by atoms with Crippen LogP contribution in [0.3, 0.4) is 0 Å². The van der Waals surface area contributed by atoms with Gasteiger partial charge in [0.15, 0.2) is 0 Å². The van der Waals surface area contributed by atoms with Crippen LogP contribution in [0.2, 0.25) is 0 Å². The Hall–Kier alpha value is -2.62.